The molecule has 4 nitrogen and oxygen atoms in total. The minimum absolute atomic E-state index is 0.327. The first-order chi connectivity index (χ1) is 9.12. The second-order valence-electron chi connectivity index (χ2n) is 4.37. The Kier molecular flexibility index (Phi) is 2.80. The van der Waals surface area contributed by atoms with Crippen LogP contribution in [0.15, 0.2) is 53.4 Å². The maximum atomic E-state index is 12.0. The van der Waals surface area contributed by atoms with E-state index in [9.17, 15) is 8.42 Å². The van der Waals surface area contributed by atoms with Crippen LogP contribution in [0, 0.1) is 0 Å². The van der Waals surface area contributed by atoms with E-state index in [0.29, 0.717) is 4.90 Å². The van der Waals surface area contributed by atoms with Gasteiger partial charge in [0.15, 0.2) is 0 Å². The molecular weight excluding hydrogens is 262 g/mol. The van der Waals surface area contributed by atoms with Gasteiger partial charge in [-0.1, -0.05) is 30.3 Å². The molecule has 1 aliphatic rings. The maximum Gasteiger partial charge on any atom is 0.241 e. The average molecular weight is 275 g/mol. The number of benzene rings is 2. The zero-order valence-electron chi connectivity index (χ0n) is 10.3. The average Bonchev–Trinajstić information content (AvgIpc) is 2.72. The Labute approximate surface area is 112 Å². The Bertz CT molecular complexity index is 708. The summed E-state index contributed by atoms with van der Waals surface area (Å²) in [5.41, 5.74) is 1.68. The van der Waals surface area contributed by atoms with Crippen LogP contribution in [0.5, 0.6) is 5.75 Å². The third-order valence-corrected chi connectivity index (χ3v) is 4.74. The SMILES string of the molecule is COc1ccc(C2NS(=O)(=O)c3ccccc32)cc1. The van der Waals surface area contributed by atoms with Crippen molar-refractivity contribution in [2.75, 3.05) is 7.11 Å². The van der Waals surface area contributed by atoms with Crippen LogP contribution < -0.4 is 9.46 Å². The molecule has 1 N–H and O–H groups in total. The number of hydrogen-bond donors (Lipinski definition) is 1. The smallest absolute Gasteiger partial charge is 0.241 e. The minimum atomic E-state index is -3.40. The summed E-state index contributed by atoms with van der Waals surface area (Å²) in [5, 5.41) is 0. The molecule has 0 spiro atoms. The zero-order chi connectivity index (χ0) is 13.5. The lowest BCUT2D eigenvalue weighted by Crippen LogP contribution is -2.20. The number of sulfonamides is 1. The van der Waals surface area contributed by atoms with Crippen molar-refractivity contribution < 1.29 is 13.2 Å². The number of fused-ring (bicyclic) bond motifs is 1. The molecule has 19 heavy (non-hydrogen) atoms. The largest absolute Gasteiger partial charge is 0.497 e. The molecule has 0 saturated carbocycles. The normalized spacial score (nSPS) is 19.9. The number of ether oxygens (including phenoxy) is 1. The second kappa shape index (κ2) is 4.36. The van der Waals surface area contributed by atoms with E-state index in [2.05, 4.69) is 4.72 Å². The molecule has 0 bridgehead atoms. The van der Waals surface area contributed by atoms with E-state index >= 15 is 0 Å². The molecule has 98 valence electrons. The first-order valence-electron chi connectivity index (χ1n) is 5.87. The molecule has 1 aliphatic heterocycles. The number of nitrogens with one attached hydrogen (secondary N) is 1. The molecule has 2 aromatic carbocycles. The van der Waals surface area contributed by atoms with E-state index in [0.717, 1.165) is 16.9 Å². The van der Waals surface area contributed by atoms with Crippen LogP contribution in [0.4, 0.5) is 0 Å². The van der Waals surface area contributed by atoms with E-state index < -0.39 is 10.0 Å². The molecule has 0 aromatic heterocycles. The van der Waals surface area contributed by atoms with Crippen molar-refractivity contribution in [1.82, 2.24) is 4.72 Å². The van der Waals surface area contributed by atoms with Gasteiger partial charge in [0.1, 0.15) is 5.75 Å². The lowest BCUT2D eigenvalue weighted by atomic mass is 10.00. The summed E-state index contributed by atoms with van der Waals surface area (Å²) in [6, 6.07) is 14.1. The van der Waals surface area contributed by atoms with Crippen LogP contribution in [-0.2, 0) is 10.0 Å². The van der Waals surface area contributed by atoms with Gasteiger partial charge >= 0.3 is 0 Å². The van der Waals surface area contributed by atoms with Crippen molar-refractivity contribution in [2.45, 2.75) is 10.9 Å². The van der Waals surface area contributed by atoms with Crippen molar-refractivity contribution >= 4 is 10.0 Å². The van der Waals surface area contributed by atoms with E-state index in [1.54, 1.807) is 19.2 Å². The van der Waals surface area contributed by atoms with Crippen LogP contribution >= 0.6 is 0 Å². The molecule has 3 rings (SSSR count). The second-order valence-corrected chi connectivity index (χ2v) is 6.05. The Morgan fingerprint density at radius 3 is 2.42 bits per heavy atom. The molecule has 0 aliphatic carbocycles. The van der Waals surface area contributed by atoms with Crippen molar-refractivity contribution in [1.29, 1.82) is 0 Å². The van der Waals surface area contributed by atoms with Crippen molar-refractivity contribution in [2.24, 2.45) is 0 Å². The van der Waals surface area contributed by atoms with E-state index in [-0.39, 0.29) is 6.04 Å². The van der Waals surface area contributed by atoms with Gasteiger partial charge in [0.2, 0.25) is 10.0 Å². The third kappa shape index (κ3) is 2.01. The summed E-state index contributed by atoms with van der Waals surface area (Å²) in [4.78, 5) is 0.357. The summed E-state index contributed by atoms with van der Waals surface area (Å²) in [6.45, 7) is 0. The molecule has 5 heteroatoms. The van der Waals surface area contributed by atoms with E-state index in [1.165, 1.54) is 0 Å². The van der Waals surface area contributed by atoms with E-state index in [1.807, 2.05) is 36.4 Å². The monoisotopic (exact) mass is 275 g/mol. The summed E-state index contributed by atoms with van der Waals surface area (Å²) in [7, 11) is -1.80. The molecule has 0 radical (unpaired) electrons. The molecule has 0 fully saturated rings. The molecule has 0 saturated heterocycles. The van der Waals surface area contributed by atoms with Crippen molar-refractivity contribution in [3.05, 3.63) is 59.7 Å². The van der Waals surface area contributed by atoms with Crippen LogP contribution in [0.25, 0.3) is 0 Å². The Hall–Kier alpha value is -1.85. The Morgan fingerprint density at radius 1 is 1.05 bits per heavy atom. The molecule has 2 aromatic rings. The fourth-order valence-corrected chi connectivity index (χ4v) is 3.74. The number of hydrogen-bond acceptors (Lipinski definition) is 3. The topological polar surface area (TPSA) is 55.4 Å². The van der Waals surface area contributed by atoms with Gasteiger partial charge in [0.25, 0.3) is 0 Å². The van der Waals surface area contributed by atoms with Crippen molar-refractivity contribution in [3.63, 3.8) is 0 Å². The van der Waals surface area contributed by atoms with Crippen LogP contribution in [0.2, 0.25) is 0 Å². The maximum absolute atomic E-state index is 12.0. The summed E-state index contributed by atoms with van der Waals surface area (Å²) in [5.74, 6) is 0.748. The number of rotatable bonds is 2. The third-order valence-electron chi connectivity index (χ3n) is 3.24. The van der Waals surface area contributed by atoms with Gasteiger partial charge in [-0.25, -0.2) is 8.42 Å². The van der Waals surface area contributed by atoms with Gasteiger partial charge in [-0.05, 0) is 29.3 Å². The molecule has 1 atom stereocenters. The first-order valence-corrected chi connectivity index (χ1v) is 7.35. The highest BCUT2D eigenvalue weighted by Crippen LogP contribution is 2.35. The van der Waals surface area contributed by atoms with Crippen LogP contribution in [0.3, 0.4) is 0 Å². The van der Waals surface area contributed by atoms with Gasteiger partial charge in [-0.2, -0.15) is 4.72 Å². The minimum Gasteiger partial charge on any atom is -0.497 e. The summed E-state index contributed by atoms with van der Waals surface area (Å²) in [6.07, 6.45) is 0. The van der Waals surface area contributed by atoms with Crippen LogP contribution in [-0.4, -0.2) is 15.5 Å². The summed E-state index contributed by atoms with van der Waals surface area (Å²) < 4.78 is 31.8. The first kappa shape index (κ1) is 12.2. The highest BCUT2D eigenvalue weighted by atomic mass is 32.2. The fourth-order valence-electron chi connectivity index (χ4n) is 2.29. The molecule has 1 heterocycles. The summed E-state index contributed by atoms with van der Waals surface area (Å²) >= 11 is 0. The van der Waals surface area contributed by atoms with Crippen molar-refractivity contribution in [3.8, 4) is 5.75 Å². The lowest BCUT2D eigenvalue weighted by molar-refractivity contribution is 0.414. The highest BCUT2D eigenvalue weighted by molar-refractivity contribution is 7.89. The molecule has 1 unspecified atom stereocenters. The number of methoxy groups -OCH3 is 1. The Morgan fingerprint density at radius 2 is 1.74 bits per heavy atom. The molecular formula is C14H13NO3S. The quantitative estimate of drug-likeness (QED) is 0.913. The Balaban J connectivity index is 2.08. The van der Waals surface area contributed by atoms with E-state index in [4.69, 9.17) is 4.74 Å². The fraction of sp³-hybridized carbons (Fsp3) is 0.143. The van der Waals surface area contributed by atoms with Gasteiger partial charge < -0.3 is 4.74 Å². The van der Waals surface area contributed by atoms with Crippen LogP contribution in [0.1, 0.15) is 17.2 Å². The lowest BCUT2D eigenvalue weighted by Gasteiger charge is -2.11. The molecule has 0 amide bonds. The highest BCUT2D eigenvalue weighted by Gasteiger charge is 2.34. The van der Waals surface area contributed by atoms with Gasteiger partial charge in [-0.15, -0.1) is 0 Å². The predicted octanol–water partition coefficient (Wildman–Crippen LogP) is 2.08. The van der Waals surface area contributed by atoms with Gasteiger partial charge in [-0.3, -0.25) is 0 Å². The zero-order valence-corrected chi connectivity index (χ0v) is 11.1. The van der Waals surface area contributed by atoms with Gasteiger partial charge in [0.05, 0.1) is 18.0 Å². The van der Waals surface area contributed by atoms with Gasteiger partial charge in [0, 0.05) is 0 Å². The standard InChI is InChI=1S/C14H13NO3S/c1-18-11-8-6-10(7-9-11)14-12-4-2-3-5-13(12)19(16,17)15-14/h2-9,14-15H,1H3. The predicted molar refractivity (Wildman–Crippen MR) is 71.6 cm³/mol.